The molecule has 1 rings (SSSR count). The second kappa shape index (κ2) is 7.15. The average Bonchev–Trinajstić information content (AvgIpc) is 2.46. The van der Waals surface area contributed by atoms with Crippen LogP contribution in [0.15, 0.2) is 10.6 Å². The number of nitrogens with zero attached hydrogens (tertiary/aromatic N) is 1. The van der Waals surface area contributed by atoms with E-state index in [0.29, 0.717) is 0 Å². The molecule has 0 bridgehead atoms. The monoisotopic (exact) mass is 219 g/mol. The van der Waals surface area contributed by atoms with Crippen LogP contribution in [0.2, 0.25) is 0 Å². The molecule has 1 aliphatic rings. The van der Waals surface area contributed by atoms with Gasteiger partial charge in [0.1, 0.15) is 0 Å². The fourth-order valence-corrected chi connectivity index (χ4v) is 2.68. The first-order chi connectivity index (χ1) is 6.29. The zero-order chi connectivity index (χ0) is 9.68. The SMILES string of the molecule is CCCCN1CSC(CCO)=C1C.O. The van der Waals surface area contributed by atoms with Crippen LogP contribution in [0.1, 0.15) is 33.1 Å². The first-order valence-electron chi connectivity index (χ1n) is 4.98. The van der Waals surface area contributed by atoms with E-state index in [4.69, 9.17) is 5.11 Å². The van der Waals surface area contributed by atoms with Crippen LogP contribution >= 0.6 is 11.8 Å². The standard InChI is InChI=1S/C10H19NOS.H2O/c1-3-4-6-11-8-13-10(5-7-12)9(11)2;/h12H,3-8H2,1-2H3;1H2. The van der Waals surface area contributed by atoms with E-state index in [2.05, 4.69) is 18.7 Å². The van der Waals surface area contributed by atoms with E-state index >= 15 is 0 Å². The summed E-state index contributed by atoms with van der Waals surface area (Å²) in [6.07, 6.45) is 3.35. The average molecular weight is 219 g/mol. The Kier molecular flexibility index (Phi) is 7.05. The molecule has 84 valence electrons. The minimum atomic E-state index is 0. The molecular formula is C10H21NO2S. The Hall–Kier alpha value is -0.190. The third-order valence-electron chi connectivity index (χ3n) is 2.39. The van der Waals surface area contributed by atoms with Crippen molar-refractivity contribution in [2.75, 3.05) is 19.0 Å². The Balaban J connectivity index is 0.00000169. The smallest absolute Gasteiger partial charge is 0.0680 e. The van der Waals surface area contributed by atoms with Crippen LogP contribution in [0.3, 0.4) is 0 Å². The molecule has 0 aliphatic carbocycles. The van der Waals surface area contributed by atoms with Crippen molar-refractivity contribution in [3.8, 4) is 0 Å². The Morgan fingerprint density at radius 3 is 2.79 bits per heavy atom. The molecule has 0 aromatic carbocycles. The van der Waals surface area contributed by atoms with Crippen LogP contribution in [0.4, 0.5) is 0 Å². The molecule has 0 aromatic heterocycles. The van der Waals surface area contributed by atoms with Gasteiger partial charge in [-0.15, -0.1) is 11.8 Å². The quantitative estimate of drug-likeness (QED) is 0.764. The molecule has 0 radical (unpaired) electrons. The van der Waals surface area contributed by atoms with E-state index in [1.54, 1.807) is 0 Å². The molecule has 0 amide bonds. The number of unbranched alkanes of at least 4 members (excludes halogenated alkanes) is 1. The van der Waals surface area contributed by atoms with Gasteiger partial charge in [-0.05, 0) is 13.3 Å². The van der Waals surface area contributed by atoms with Crippen molar-refractivity contribution in [2.45, 2.75) is 33.1 Å². The predicted molar refractivity (Wildman–Crippen MR) is 62.1 cm³/mol. The lowest BCUT2D eigenvalue weighted by atomic mass is 10.3. The van der Waals surface area contributed by atoms with Crippen LogP contribution in [-0.4, -0.2) is 34.5 Å². The molecule has 3 nitrogen and oxygen atoms in total. The van der Waals surface area contributed by atoms with Gasteiger partial charge >= 0.3 is 0 Å². The first-order valence-corrected chi connectivity index (χ1v) is 5.96. The maximum Gasteiger partial charge on any atom is 0.0680 e. The normalized spacial score (nSPS) is 16.1. The first kappa shape index (κ1) is 13.8. The summed E-state index contributed by atoms with van der Waals surface area (Å²) in [4.78, 5) is 3.79. The van der Waals surface area contributed by atoms with E-state index in [9.17, 15) is 0 Å². The molecule has 0 aromatic rings. The molecule has 1 aliphatic heterocycles. The summed E-state index contributed by atoms with van der Waals surface area (Å²) >= 11 is 1.88. The van der Waals surface area contributed by atoms with Gasteiger partial charge in [0, 0.05) is 30.2 Å². The summed E-state index contributed by atoms with van der Waals surface area (Å²) < 4.78 is 0. The maximum atomic E-state index is 8.84. The molecule has 0 unspecified atom stereocenters. The lowest BCUT2D eigenvalue weighted by molar-refractivity contribution is 0.300. The Morgan fingerprint density at radius 2 is 2.21 bits per heavy atom. The lowest BCUT2D eigenvalue weighted by Gasteiger charge is -2.18. The van der Waals surface area contributed by atoms with Gasteiger partial charge in [0.05, 0.1) is 5.88 Å². The number of hydrogen-bond donors (Lipinski definition) is 1. The minimum absolute atomic E-state index is 0. The molecule has 0 atom stereocenters. The Morgan fingerprint density at radius 1 is 1.50 bits per heavy atom. The maximum absolute atomic E-state index is 8.84. The van der Waals surface area contributed by atoms with Gasteiger partial charge in [0.2, 0.25) is 0 Å². The number of rotatable bonds is 5. The lowest BCUT2D eigenvalue weighted by Crippen LogP contribution is -2.18. The number of thioether (sulfide) groups is 1. The van der Waals surface area contributed by atoms with Crippen LogP contribution in [0, 0.1) is 0 Å². The van der Waals surface area contributed by atoms with Crippen LogP contribution in [-0.2, 0) is 0 Å². The zero-order valence-electron chi connectivity index (χ0n) is 9.05. The van der Waals surface area contributed by atoms with Crippen LogP contribution in [0.25, 0.3) is 0 Å². The highest BCUT2D eigenvalue weighted by Crippen LogP contribution is 2.33. The minimum Gasteiger partial charge on any atom is -0.412 e. The van der Waals surface area contributed by atoms with Crippen LogP contribution in [0.5, 0.6) is 0 Å². The van der Waals surface area contributed by atoms with Gasteiger partial charge in [-0.3, -0.25) is 0 Å². The van der Waals surface area contributed by atoms with Gasteiger partial charge in [0.15, 0.2) is 0 Å². The Bertz CT molecular complexity index is 195. The molecule has 0 spiro atoms. The Labute approximate surface area is 90.5 Å². The summed E-state index contributed by atoms with van der Waals surface area (Å²) in [5.41, 5.74) is 1.38. The molecule has 0 saturated carbocycles. The van der Waals surface area contributed by atoms with Crippen molar-refractivity contribution in [3.63, 3.8) is 0 Å². The van der Waals surface area contributed by atoms with E-state index in [1.165, 1.54) is 30.0 Å². The van der Waals surface area contributed by atoms with Crippen molar-refractivity contribution in [3.05, 3.63) is 10.6 Å². The molecule has 0 saturated heterocycles. The van der Waals surface area contributed by atoms with Gasteiger partial charge in [-0.1, -0.05) is 13.3 Å². The molecule has 1 heterocycles. The number of aliphatic hydroxyl groups excluding tert-OH is 1. The summed E-state index contributed by atoms with van der Waals surface area (Å²) in [6, 6.07) is 0. The second-order valence-electron chi connectivity index (χ2n) is 3.37. The van der Waals surface area contributed by atoms with E-state index in [0.717, 1.165) is 12.3 Å². The van der Waals surface area contributed by atoms with Crippen molar-refractivity contribution in [1.29, 1.82) is 0 Å². The molecule has 0 fully saturated rings. The molecule has 3 N–H and O–H groups in total. The van der Waals surface area contributed by atoms with Crippen LogP contribution < -0.4 is 0 Å². The van der Waals surface area contributed by atoms with Crippen molar-refractivity contribution in [1.82, 2.24) is 4.90 Å². The van der Waals surface area contributed by atoms with Gasteiger partial charge in [0.25, 0.3) is 0 Å². The topological polar surface area (TPSA) is 55.0 Å². The highest BCUT2D eigenvalue weighted by molar-refractivity contribution is 8.03. The second-order valence-corrected chi connectivity index (χ2v) is 4.41. The third kappa shape index (κ3) is 3.52. The van der Waals surface area contributed by atoms with E-state index in [-0.39, 0.29) is 12.1 Å². The summed E-state index contributed by atoms with van der Waals surface area (Å²) in [5, 5.41) is 8.84. The molecule has 14 heavy (non-hydrogen) atoms. The van der Waals surface area contributed by atoms with Gasteiger partial charge in [-0.2, -0.15) is 0 Å². The third-order valence-corrected chi connectivity index (χ3v) is 3.68. The summed E-state index contributed by atoms with van der Waals surface area (Å²) in [7, 11) is 0. The van der Waals surface area contributed by atoms with E-state index in [1.807, 2.05) is 11.8 Å². The number of allylic oxidation sites excluding steroid dienone is 1. The molecular weight excluding hydrogens is 198 g/mol. The largest absolute Gasteiger partial charge is 0.412 e. The van der Waals surface area contributed by atoms with Gasteiger partial charge in [-0.25, -0.2) is 0 Å². The number of hydrogen-bond acceptors (Lipinski definition) is 3. The van der Waals surface area contributed by atoms with Crippen molar-refractivity contribution >= 4 is 11.8 Å². The summed E-state index contributed by atoms with van der Waals surface area (Å²) in [5.74, 6) is 1.08. The van der Waals surface area contributed by atoms with Gasteiger partial charge < -0.3 is 15.5 Å². The zero-order valence-corrected chi connectivity index (χ0v) is 9.86. The predicted octanol–water partition coefficient (Wildman–Crippen LogP) is 1.58. The van der Waals surface area contributed by atoms with Crippen molar-refractivity contribution in [2.24, 2.45) is 0 Å². The summed E-state index contributed by atoms with van der Waals surface area (Å²) in [6.45, 7) is 5.84. The highest BCUT2D eigenvalue weighted by atomic mass is 32.2. The fraction of sp³-hybridized carbons (Fsp3) is 0.800. The molecule has 4 heteroatoms. The van der Waals surface area contributed by atoms with E-state index < -0.39 is 0 Å². The fourth-order valence-electron chi connectivity index (χ4n) is 1.47. The van der Waals surface area contributed by atoms with Crippen molar-refractivity contribution < 1.29 is 10.6 Å². The highest BCUT2D eigenvalue weighted by Gasteiger charge is 2.17. The number of aliphatic hydroxyl groups is 1.